The highest BCUT2D eigenvalue weighted by Gasteiger charge is 2.04. The number of benzene rings is 1. The standard InChI is InChI=1S/C13H18N4O3.C3H9N.C2H4O2/c1-20-12(18)8-17-13(19)16-7-11-4-2-3-10(5-11)6-15-9-14;1-3-4-2;1-4-2-3/h2-5,9H,6-8H2,1H3,(H2,14,15)(H2,16,17,19);4H,3H2,1-2H3;2H,1H3. The molecule has 1 aromatic carbocycles. The summed E-state index contributed by atoms with van der Waals surface area (Å²) in [6.07, 6.45) is 1.26. The summed E-state index contributed by atoms with van der Waals surface area (Å²) < 4.78 is 8.27. The van der Waals surface area contributed by atoms with Crippen LogP contribution in [0.5, 0.6) is 0 Å². The third-order valence-corrected chi connectivity index (χ3v) is 2.89. The molecule has 158 valence electrons. The van der Waals surface area contributed by atoms with Crippen molar-refractivity contribution in [3.05, 3.63) is 35.4 Å². The summed E-state index contributed by atoms with van der Waals surface area (Å²) in [6, 6.07) is 7.18. The van der Waals surface area contributed by atoms with Crippen LogP contribution in [0.15, 0.2) is 29.3 Å². The Morgan fingerprint density at radius 2 is 1.82 bits per heavy atom. The molecule has 0 heterocycles. The van der Waals surface area contributed by atoms with Gasteiger partial charge in [-0.25, -0.2) is 4.79 Å². The lowest BCUT2D eigenvalue weighted by Gasteiger charge is -2.07. The van der Waals surface area contributed by atoms with E-state index >= 15 is 0 Å². The highest BCUT2D eigenvalue weighted by molar-refractivity contribution is 5.80. The Bertz CT molecular complexity index is 579. The van der Waals surface area contributed by atoms with E-state index in [0.717, 1.165) is 17.7 Å². The van der Waals surface area contributed by atoms with Gasteiger partial charge in [0.1, 0.15) is 6.54 Å². The van der Waals surface area contributed by atoms with E-state index in [2.05, 4.69) is 37.3 Å². The number of carbonyl (C=O) groups is 3. The number of methoxy groups -OCH3 is 2. The molecule has 0 radical (unpaired) electrons. The Kier molecular flexibility index (Phi) is 19.5. The second-order valence-corrected chi connectivity index (χ2v) is 4.96. The van der Waals surface area contributed by atoms with E-state index in [9.17, 15) is 9.59 Å². The molecule has 10 nitrogen and oxygen atoms in total. The van der Waals surface area contributed by atoms with Crippen LogP contribution in [-0.4, -0.2) is 59.2 Å². The molecule has 2 amide bonds. The minimum atomic E-state index is -0.498. The highest BCUT2D eigenvalue weighted by Crippen LogP contribution is 2.06. The lowest BCUT2D eigenvalue weighted by molar-refractivity contribution is -0.139. The third kappa shape index (κ3) is 17.7. The molecule has 0 aromatic heterocycles. The fourth-order valence-electron chi connectivity index (χ4n) is 1.47. The Morgan fingerprint density at radius 1 is 1.21 bits per heavy atom. The summed E-state index contributed by atoms with van der Waals surface area (Å²) in [7, 11) is 4.50. The maximum absolute atomic E-state index is 11.4. The number of nitrogens with two attached hydrogens (primary N) is 1. The second kappa shape index (κ2) is 20.2. The number of nitrogens with zero attached hydrogens (tertiary/aromatic N) is 1. The maximum Gasteiger partial charge on any atom is 0.325 e. The Hall–Kier alpha value is -3.14. The Balaban J connectivity index is 0. The van der Waals surface area contributed by atoms with E-state index in [1.54, 1.807) is 0 Å². The van der Waals surface area contributed by atoms with E-state index in [1.165, 1.54) is 20.6 Å². The number of nitrogens with one attached hydrogen (secondary N) is 3. The van der Waals surface area contributed by atoms with Crippen LogP contribution in [-0.2, 0) is 32.2 Å². The molecule has 0 aliphatic heterocycles. The minimum absolute atomic E-state index is 0.159. The van der Waals surface area contributed by atoms with Gasteiger partial charge < -0.3 is 31.2 Å². The smallest absolute Gasteiger partial charge is 0.325 e. The van der Waals surface area contributed by atoms with Crippen LogP contribution >= 0.6 is 0 Å². The number of carbonyl (C=O) groups excluding carboxylic acids is 3. The van der Waals surface area contributed by atoms with Crippen LogP contribution in [0.1, 0.15) is 18.1 Å². The van der Waals surface area contributed by atoms with Gasteiger partial charge in [0.25, 0.3) is 6.47 Å². The summed E-state index contributed by atoms with van der Waals surface area (Å²) in [5.74, 6) is -0.498. The monoisotopic (exact) mass is 397 g/mol. The van der Waals surface area contributed by atoms with Crippen LogP contribution in [0.4, 0.5) is 4.79 Å². The third-order valence-electron chi connectivity index (χ3n) is 2.89. The second-order valence-electron chi connectivity index (χ2n) is 4.96. The first-order valence-corrected chi connectivity index (χ1v) is 8.46. The predicted octanol–water partition coefficient (Wildman–Crippen LogP) is 0.161. The first-order chi connectivity index (χ1) is 13.5. The number of aliphatic imine (C=N–C) groups is 1. The van der Waals surface area contributed by atoms with Crippen LogP contribution in [0.3, 0.4) is 0 Å². The van der Waals surface area contributed by atoms with E-state index < -0.39 is 12.0 Å². The number of esters is 1. The number of hydrogen-bond donors (Lipinski definition) is 4. The van der Waals surface area contributed by atoms with Crippen molar-refractivity contribution in [3.63, 3.8) is 0 Å². The molecule has 0 unspecified atom stereocenters. The number of rotatable bonds is 8. The van der Waals surface area contributed by atoms with Gasteiger partial charge >= 0.3 is 12.0 Å². The van der Waals surface area contributed by atoms with Crippen LogP contribution < -0.4 is 21.7 Å². The van der Waals surface area contributed by atoms with Crippen molar-refractivity contribution >= 4 is 24.8 Å². The first kappa shape index (κ1) is 27.1. The number of hydrogen-bond acceptors (Lipinski definition) is 7. The molecule has 28 heavy (non-hydrogen) atoms. The molecule has 0 saturated heterocycles. The SMILES string of the molecule is CCNC.COC(=O)CNC(=O)NCc1cccc(CN=CN)c1.COC=O. The van der Waals surface area contributed by atoms with Crippen LogP contribution in [0, 0.1) is 0 Å². The summed E-state index contributed by atoms with van der Waals surface area (Å²) >= 11 is 0. The number of amides is 2. The van der Waals surface area contributed by atoms with Gasteiger partial charge in [0.05, 0.1) is 27.1 Å². The molecule has 0 spiro atoms. The zero-order valence-corrected chi connectivity index (χ0v) is 16.9. The maximum atomic E-state index is 11.4. The normalized spacial score (nSPS) is 9.14. The molecular weight excluding hydrogens is 366 g/mol. The van der Waals surface area contributed by atoms with E-state index in [4.69, 9.17) is 10.5 Å². The molecule has 10 heteroatoms. The summed E-state index contributed by atoms with van der Waals surface area (Å²) in [5, 5.41) is 7.96. The van der Waals surface area contributed by atoms with Gasteiger partial charge in [-0.05, 0) is 24.7 Å². The van der Waals surface area contributed by atoms with E-state index in [0.29, 0.717) is 19.6 Å². The van der Waals surface area contributed by atoms with Gasteiger partial charge in [0.2, 0.25) is 0 Å². The fourth-order valence-corrected chi connectivity index (χ4v) is 1.47. The summed E-state index contributed by atoms with van der Waals surface area (Å²) in [6.45, 7) is 4.21. The van der Waals surface area contributed by atoms with E-state index in [1.807, 2.05) is 31.3 Å². The molecule has 0 atom stereocenters. The van der Waals surface area contributed by atoms with Crippen molar-refractivity contribution in [2.24, 2.45) is 10.7 Å². The zero-order valence-electron chi connectivity index (χ0n) is 16.9. The first-order valence-electron chi connectivity index (χ1n) is 8.46. The molecular formula is C18H31N5O5. The highest BCUT2D eigenvalue weighted by atomic mass is 16.5. The largest absolute Gasteiger partial charge is 0.471 e. The zero-order chi connectivity index (χ0) is 21.6. The van der Waals surface area contributed by atoms with Gasteiger partial charge in [-0.3, -0.25) is 14.6 Å². The van der Waals surface area contributed by atoms with Crippen molar-refractivity contribution < 1.29 is 23.9 Å². The van der Waals surface area contributed by atoms with Gasteiger partial charge in [-0.2, -0.15) is 0 Å². The number of ether oxygens (including phenoxy) is 2. The quantitative estimate of drug-likeness (QED) is 0.212. The molecule has 1 rings (SSSR count). The molecule has 0 aliphatic carbocycles. The van der Waals surface area contributed by atoms with Crippen LogP contribution in [0.2, 0.25) is 0 Å². The molecule has 1 aromatic rings. The van der Waals surface area contributed by atoms with Crippen LogP contribution in [0.25, 0.3) is 0 Å². The lowest BCUT2D eigenvalue weighted by Crippen LogP contribution is -2.38. The average Bonchev–Trinajstić information content (AvgIpc) is 2.75. The summed E-state index contributed by atoms with van der Waals surface area (Å²) in [5.41, 5.74) is 7.12. The van der Waals surface area contributed by atoms with Gasteiger partial charge in [0.15, 0.2) is 0 Å². The van der Waals surface area contributed by atoms with Crippen molar-refractivity contribution in [2.75, 3.05) is 34.4 Å². The predicted molar refractivity (Wildman–Crippen MR) is 108 cm³/mol. The van der Waals surface area contributed by atoms with Crippen molar-refractivity contribution in [1.29, 1.82) is 0 Å². The molecule has 5 N–H and O–H groups in total. The minimum Gasteiger partial charge on any atom is -0.471 e. The van der Waals surface area contributed by atoms with Gasteiger partial charge in [-0.1, -0.05) is 31.2 Å². The number of urea groups is 1. The molecule has 0 aliphatic rings. The Morgan fingerprint density at radius 3 is 2.32 bits per heavy atom. The topological polar surface area (TPSA) is 144 Å². The van der Waals surface area contributed by atoms with Gasteiger partial charge in [0, 0.05) is 6.54 Å². The Labute approximate surface area is 165 Å². The lowest BCUT2D eigenvalue weighted by atomic mass is 10.1. The van der Waals surface area contributed by atoms with Crippen molar-refractivity contribution in [1.82, 2.24) is 16.0 Å². The van der Waals surface area contributed by atoms with Crippen molar-refractivity contribution in [3.8, 4) is 0 Å². The molecule has 0 saturated carbocycles. The average molecular weight is 397 g/mol. The molecule has 0 bridgehead atoms. The summed E-state index contributed by atoms with van der Waals surface area (Å²) in [4.78, 5) is 35.2. The van der Waals surface area contributed by atoms with Crippen molar-refractivity contribution in [2.45, 2.75) is 20.0 Å². The van der Waals surface area contributed by atoms with Gasteiger partial charge in [-0.15, -0.1) is 0 Å². The fraction of sp³-hybridized carbons (Fsp3) is 0.444. The van der Waals surface area contributed by atoms with E-state index in [-0.39, 0.29) is 6.54 Å². The molecule has 0 fully saturated rings.